The van der Waals surface area contributed by atoms with Crippen molar-refractivity contribution in [2.75, 3.05) is 27.3 Å². The van der Waals surface area contributed by atoms with Gasteiger partial charge in [-0.05, 0) is 18.2 Å². The van der Waals surface area contributed by atoms with Crippen molar-refractivity contribution >= 4 is 28.0 Å². The number of fused-ring (bicyclic) bond motifs is 1. The zero-order valence-corrected chi connectivity index (χ0v) is 16.3. The molecule has 3 unspecified atom stereocenters. The lowest BCUT2D eigenvalue weighted by atomic mass is 10.2. The topological polar surface area (TPSA) is 74.9 Å². The first kappa shape index (κ1) is 22.9. The molecule has 3 rings (SSSR count). The van der Waals surface area contributed by atoms with E-state index in [1.807, 2.05) is 6.08 Å². The molecule has 1 aromatic carbocycles. The van der Waals surface area contributed by atoms with E-state index in [1.165, 1.54) is 0 Å². The van der Waals surface area contributed by atoms with Crippen molar-refractivity contribution in [1.82, 2.24) is 9.55 Å². The predicted molar refractivity (Wildman–Crippen MR) is 101 cm³/mol. The lowest BCUT2D eigenvalue weighted by molar-refractivity contribution is 0.0266. The van der Waals surface area contributed by atoms with E-state index in [1.54, 1.807) is 62.7 Å². The summed E-state index contributed by atoms with van der Waals surface area (Å²) in [6.45, 7) is -0.865. The average molecular weight is 403 g/mol. The van der Waals surface area contributed by atoms with E-state index in [0.29, 0.717) is 10.9 Å². The maximum absolute atomic E-state index is 12.0. The lowest BCUT2D eigenvalue weighted by Gasteiger charge is -2.19. The Labute approximate surface area is 158 Å². The Morgan fingerprint density at radius 3 is 2.52 bits per heavy atom. The minimum Gasteiger partial charge on any atom is -0.463 e. The molecule has 3 atom stereocenters. The molecule has 27 heavy (non-hydrogen) atoms. The van der Waals surface area contributed by atoms with Gasteiger partial charge in [-0.3, -0.25) is 13.9 Å². The van der Waals surface area contributed by atoms with Crippen molar-refractivity contribution in [3.63, 3.8) is 0 Å². The van der Waals surface area contributed by atoms with Gasteiger partial charge in [0.1, 0.15) is 18.0 Å². The number of nitrogens with zero attached hydrogens (tertiary/aromatic N) is 3. The van der Waals surface area contributed by atoms with E-state index >= 15 is 0 Å². The SMILES string of the molecule is COC1C=CN=CC1OC.Cn1c(S(C)=O)nc2ccc(OCF)cc21.F. The van der Waals surface area contributed by atoms with Crippen molar-refractivity contribution in [2.45, 2.75) is 17.4 Å². The van der Waals surface area contributed by atoms with Crippen LogP contribution in [-0.2, 0) is 27.3 Å². The molecule has 0 saturated carbocycles. The van der Waals surface area contributed by atoms with Crippen molar-refractivity contribution < 1.29 is 27.5 Å². The Morgan fingerprint density at radius 1 is 1.26 bits per heavy atom. The van der Waals surface area contributed by atoms with Crippen LogP contribution in [0.5, 0.6) is 5.75 Å². The molecule has 7 nitrogen and oxygen atoms in total. The zero-order chi connectivity index (χ0) is 19.1. The number of aromatic nitrogens is 2. The summed E-state index contributed by atoms with van der Waals surface area (Å²) in [6, 6.07) is 5.03. The maximum Gasteiger partial charge on any atom is 0.228 e. The highest BCUT2D eigenvalue weighted by Crippen LogP contribution is 2.22. The van der Waals surface area contributed by atoms with Gasteiger partial charge in [-0.2, -0.15) is 0 Å². The highest BCUT2D eigenvalue weighted by Gasteiger charge is 2.17. The summed E-state index contributed by atoms with van der Waals surface area (Å²) in [5, 5.41) is 0.493. The van der Waals surface area contributed by atoms with Crippen molar-refractivity contribution in [3.8, 4) is 5.75 Å². The summed E-state index contributed by atoms with van der Waals surface area (Å²) in [7, 11) is 3.92. The fraction of sp³-hybridized carbons (Fsp3) is 0.412. The number of halogens is 2. The molecular formula is C17H23F2N3O4S. The summed E-state index contributed by atoms with van der Waals surface area (Å²) >= 11 is 0. The Kier molecular flexibility index (Phi) is 9.19. The first-order valence-electron chi connectivity index (χ1n) is 7.76. The largest absolute Gasteiger partial charge is 0.463 e. The standard InChI is InChI=1S/C10H11FN2O2S.C7H11NO2.FH/c1-13-9-5-7(15-6-11)3-4-8(9)12-10(13)16(2)14;1-9-6-3-4-8-5-7(6)10-2;/h3-5H,6H2,1-2H3;3-7H,1-2H3;1H. The van der Waals surface area contributed by atoms with Crippen LogP contribution >= 0.6 is 0 Å². The van der Waals surface area contributed by atoms with Crippen molar-refractivity contribution in [1.29, 1.82) is 0 Å². The second-order valence-corrected chi connectivity index (χ2v) is 6.63. The molecule has 1 aliphatic rings. The first-order chi connectivity index (χ1) is 12.5. The molecular weight excluding hydrogens is 380 g/mol. The molecule has 0 radical (unpaired) electrons. The molecule has 0 bridgehead atoms. The third kappa shape index (κ3) is 5.65. The predicted octanol–water partition coefficient (Wildman–Crippen LogP) is 2.38. The summed E-state index contributed by atoms with van der Waals surface area (Å²) in [6.07, 6.45) is 6.86. The van der Waals surface area contributed by atoms with Crippen LogP contribution < -0.4 is 4.74 Å². The van der Waals surface area contributed by atoms with E-state index in [9.17, 15) is 8.60 Å². The van der Waals surface area contributed by atoms with E-state index in [-0.39, 0.29) is 16.9 Å². The quantitative estimate of drug-likeness (QED) is 0.766. The molecule has 0 aliphatic carbocycles. The number of hydrogen-bond donors (Lipinski definition) is 0. The number of hydrogen-bond acceptors (Lipinski definition) is 6. The van der Waals surface area contributed by atoms with Crippen LogP contribution in [0.1, 0.15) is 0 Å². The first-order valence-corrected chi connectivity index (χ1v) is 9.31. The molecule has 1 aromatic heterocycles. The zero-order valence-electron chi connectivity index (χ0n) is 15.5. The van der Waals surface area contributed by atoms with Gasteiger partial charge in [0.15, 0.2) is 5.16 Å². The number of benzene rings is 1. The van der Waals surface area contributed by atoms with Crippen LogP contribution in [0.25, 0.3) is 11.0 Å². The van der Waals surface area contributed by atoms with Crippen LogP contribution in [0.15, 0.2) is 40.6 Å². The highest BCUT2D eigenvalue weighted by atomic mass is 32.2. The Hall–Kier alpha value is -2.17. The van der Waals surface area contributed by atoms with Crippen molar-refractivity contribution in [3.05, 3.63) is 30.5 Å². The van der Waals surface area contributed by atoms with Crippen molar-refractivity contribution in [2.24, 2.45) is 12.0 Å². The molecule has 0 spiro atoms. The average Bonchev–Trinajstić information content (AvgIpc) is 2.99. The Bertz CT molecular complexity index is 808. The van der Waals surface area contributed by atoms with Gasteiger partial charge >= 0.3 is 0 Å². The van der Waals surface area contributed by atoms with Crippen LogP contribution in [0.4, 0.5) is 9.09 Å². The molecule has 2 heterocycles. The van der Waals surface area contributed by atoms with Gasteiger partial charge in [-0.15, -0.1) is 0 Å². The Balaban J connectivity index is 0.000000288. The molecule has 0 fully saturated rings. The minimum absolute atomic E-state index is 0. The number of methoxy groups -OCH3 is 2. The summed E-state index contributed by atoms with van der Waals surface area (Å²) < 4.78 is 40.0. The highest BCUT2D eigenvalue weighted by molar-refractivity contribution is 7.84. The molecule has 0 saturated heterocycles. The Morgan fingerprint density at radius 2 is 1.96 bits per heavy atom. The number of ether oxygens (including phenoxy) is 3. The molecule has 10 heteroatoms. The van der Waals surface area contributed by atoms with Crippen LogP contribution in [0.2, 0.25) is 0 Å². The van der Waals surface area contributed by atoms with Gasteiger partial charge in [0.2, 0.25) is 6.86 Å². The van der Waals surface area contributed by atoms with E-state index < -0.39 is 17.7 Å². The second-order valence-electron chi connectivity index (χ2n) is 5.35. The second kappa shape index (κ2) is 10.9. The smallest absolute Gasteiger partial charge is 0.228 e. The number of imidazole rings is 1. The van der Waals surface area contributed by atoms with Gasteiger partial charge in [-0.25, -0.2) is 9.37 Å². The number of aliphatic imine (C=N–C) groups is 1. The molecule has 1 aliphatic heterocycles. The minimum atomic E-state index is -1.15. The van der Waals surface area contributed by atoms with Crippen LogP contribution in [-0.4, -0.2) is 59.5 Å². The van der Waals surface area contributed by atoms with Gasteiger partial charge in [0, 0.05) is 46.0 Å². The molecule has 0 N–H and O–H groups in total. The number of rotatable bonds is 5. The lowest BCUT2D eigenvalue weighted by Crippen LogP contribution is -2.30. The third-order valence-electron chi connectivity index (χ3n) is 3.75. The fourth-order valence-corrected chi connectivity index (χ4v) is 3.14. The van der Waals surface area contributed by atoms with E-state index in [4.69, 9.17) is 14.2 Å². The maximum atomic E-state index is 12.0. The summed E-state index contributed by atoms with van der Waals surface area (Å²) in [4.78, 5) is 8.14. The summed E-state index contributed by atoms with van der Waals surface area (Å²) in [5.41, 5.74) is 1.50. The third-order valence-corrected chi connectivity index (χ3v) is 4.63. The van der Waals surface area contributed by atoms with Gasteiger partial charge in [0.25, 0.3) is 0 Å². The molecule has 150 valence electrons. The van der Waals surface area contributed by atoms with Gasteiger partial charge < -0.3 is 18.8 Å². The van der Waals surface area contributed by atoms with Gasteiger partial charge in [-0.1, -0.05) is 0 Å². The fourth-order valence-electron chi connectivity index (χ4n) is 2.43. The van der Waals surface area contributed by atoms with Crippen LogP contribution in [0, 0.1) is 0 Å². The normalized spacial score (nSPS) is 19.1. The summed E-state index contributed by atoms with van der Waals surface area (Å²) in [5.74, 6) is 0.437. The monoisotopic (exact) mass is 403 g/mol. The van der Waals surface area contributed by atoms with E-state index in [2.05, 4.69) is 9.98 Å². The van der Waals surface area contributed by atoms with E-state index in [0.717, 1.165) is 11.0 Å². The van der Waals surface area contributed by atoms with Crippen LogP contribution in [0.3, 0.4) is 0 Å². The number of alkyl halides is 1. The molecule has 2 aromatic rings. The van der Waals surface area contributed by atoms with Gasteiger partial charge in [0.05, 0.1) is 21.8 Å². The molecule has 0 amide bonds. The number of aryl methyl sites for hydroxylation is 1.